The van der Waals surface area contributed by atoms with Crippen molar-refractivity contribution < 1.29 is 0 Å². The van der Waals surface area contributed by atoms with Crippen molar-refractivity contribution in [2.24, 2.45) is 0 Å². The average molecular weight is 709 g/mol. The number of benzene rings is 10. The minimum atomic E-state index is 0.653. The predicted octanol–water partition coefficient (Wildman–Crippen LogP) is 14.5. The van der Waals surface area contributed by atoms with Crippen LogP contribution in [-0.2, 0) is 0 Å². The molecule has 258 valence electrons. The highest BCUT2D eigenvalue weighted by molar-refractivity contribution is 6.39. The largest absolute Gasteiger partial charge is 0.192 e. The number of nitrogens with zero attached hydrogens (tertiary/aromatic N) is 2. The zero-order valence-corrected chi connectivity index (χ0v) is 31.4. The molecule has 0 fully saturated rings. The molecule has 0 unspecified atom stereocenters. The minimum absolute atomic E-state index is 0.653. The highest BCUT2D eigenvalue weighted by atomic mass is 14.4. The fraction of sp³-hybridized carbons (Fsp3) is 0.0741. The second-order valence-electron chi connectivity index (χ2n) is 16.2. The molecule has 10 aromatic carbocycles. The maximum atomic E-state index is 9.80. The van der Waals surface area contributed by atoms with Crippen LogP contribution >= 0.6 is 0 Å². The summed E-state index contributed by atoms with van der Waals surface area (Å²) in [5.41, 5.74) is 21.2. The van der Waals surface area contributed by atoms with Crippen LogP contribution in [0.25, 0.3) is 121 Å². The van der Waals surface area contributed by atoms with Gasteiger partial charge in [-0.1, -0.05) is 84.9 Å². The lowest BCUT2D eigenvalue weighted by atomic mass is 9.79. The van der Waals surface area contributed by atoms with Crippen LogP contribution in [0.4, 0.5) is 0 Å². The van der Waals surface area contributed by atoms with Gasteiger partial charge in [0.1, 0.15) is 0 Å². The van der Waals surface area contributed by atoms with Crippen LogP contribution in [0.2, 0.25) is 0 Å². The molecular formula is C54H32N2. The molecule has 0 aliphatic heterocycles. The van der Waals surface area contributed by atoms with Gasteiger partial charge in [0, 0.05) is 0 Å². The Morgan fingerprint density at radius 3 is 1.34 bits per heavy atom. The first kappa shape index (κ1) is 31.1. The number of aryl methyl sites for hydroxylation is 4. The summed E-state index contributed by atoms with van der Waals surface area (Å²) in [5, 5.41) is 32.2. The van der Waals surface area contributed by atoms with E-state index in [0.29, 0.717) is 11.1 Å². The van der Waals surface area contributed by atoms with Gasteiger partial charge in [-0.2, -0.15) is 10.5 Å². The molecule has 0 N–H and O–H groups in total. The van der Waals surface area contributed by atoms with Crippen molar-refractivity contribution in [3.05, 3.63) is 155 Å². The Morgan fingerprint density at radius 1 is 0.321 bits per heavy atom. The Kier molecular flexibility index (Phi) is 5.95. The van der Waals surface area contributed by atoms with E-state index in [0.717, 1.165) is 11.1 Å². The molecule has 2 heteroatoms. The van der Waals surface area contributed by atoms with Crippen LogP contribution in [0.1, 0.15) is 33.4 Å². The van der Waals surface area contributed by atoms with Crippen molar-refractivity contribution in [1.82, 2.24) is 0 Å². The summed E-state index contributed by atoms with van der Waals surface area (Å²) < 4.78 is 0. The van der Waals surface area contributed by atoms with Crippen LogP contribution < -0.4 is 0 Å². The summed E-state index contributed by atoms with van der Waals surface area (Å²) in [4.78, 5) is 0. The lowest BCUT2D eigenvalue weighted by Crippen LogP contribution is -1.96. The van der Waals surface area contributed by atoms with E-state index in [2.05, 4.69) is 137 Å². The van der Waals surface area contributed by atoms with Crippen molar-refractivity contribution >= 4 is 53.9 Å². The molecule has 10 aromatic rings. The molecule has 0 radical (unpaired) electrons. The number of hydrogen-bond acceptors (Lipinski definition) is 2. The van der Waals surface area contributed by atoms with Crippen LogP contribution in [-0.4, -0.2) is 0 Å². The first-order valence-corrected chi connectivity index (χ1v) is 19.3. The van der Waals surface area contributed by atoms with Gasteiger partial charge in [-0.15, -0.1) is 0 Å². The molecule has 2 aliphatic rings. The Balaban J connectivity index is 1.34. The third-order valence-corrected chi connectivity index (χ3v) is 12.6. The van der Waals surface area contributed by atoms with Gasteiger partial charge in [-0.25, -0.2) is 0 Å². The van der Waals surface area contributed by atoms with Crippen molar-refractivity contribution in [1.29, 1.82) is 10.5 Å². The maximum Gasteiger partial charge on any atom is 0.0991 e. The molecule has 0 spiro atoms. The Morgan fingerprint density at radius 2 is 0.768 bits per heavy atom. The van der Waals surface area contributed by atoms with Gasteiger partial charge < -0.3 is 0 Å². The van der Waals surface area contributed by atoms with Crippen molar-refractivity contribution in [3.8, 4) is 78.9 Å². The highest BCUT2D eigenvalue weighted by Crippen LogP contribution is 2.60. The van der Waals surface area contributed by atoms with E-state index < -0.39 is 0 Å². The lowest BCUT2D eigenvalue weighted by molar-refractivity contribution is 1.48. The summed E-state index contributed by atoms with van der Waals surface area (Å²) in [7, 11) is 0. The summed E-state index contributed by atoms with van der Waals surface area (Å²) >= 11 is 0. The molecule has 0 saturated carbocycles. The number of fused-ring (bicyclic) bond motifs is 8. The molecule has 2 nitrogen and oxygen atoms in total. The zero-order valence-electron chi connectivity index (χ0n) is 31.4. The monoisotopic (exact) mass is 708 g/mol. The molecule has 0 saturated heterocycles. The van der Waals surface area contributed by atoms with Crippen LogP contribution in [0, 0.1) is 50.4 Å². The SMILES string of the molecule is Cc1cc2c3c(cc(C)cc3c1)-c1c-2cc2c(-c3ccc(C#N)cc3)cc3c4c(c(-c5ccc(C#N)cc5)c5ccc1c2c53)-c1cc(C)cc2cc(C)cc-4c12. The molecule has 12 rings (SSSR count). The average Bonchev–Trinajstić information content (AvgIpc) is 3.68. The quantitative estimate of drug-likeness (QED) is 0.168. The second kappa shape index (κ2) is 10.7. The van der Waals surface area contributed by atoms with E-state index in [1.807, 2.05) is 24.3 Å². The van der Waals surface area contributed by atoms with Gasteiger partial charge in [0.15, 0.2) is 0 Å². The maximum absolute atomic E-state index is 9.80. The number of hydrogen-bond donors (Lipinski definition) is 0. The smallest absolute Gasteiger partial charge is 0.0991 e. The Bertz CT molecular complexity index is 3530. The normalized spacial score (nSPS) is 12.2. The standard InChI is InChI=1S/C54H32N2/c1-27-15-35-16-28(2)20-43-47(35)40(19-27)42-24-41-39(33-9-5-31(25-55)6-10-33)23-46-52-37(13-14-38(50(42)43)51(41)52)49(34-11-7-32(26-56)8-12-34)54-45-22-30(4)18-36-17-29(3)21-44(48(36)45)53(46)54/h5-24H,1-4H3. The van der Waals surface area contributed by atoms with E-state index in [-0.39, 0.29) is 0 Å². The summed E-state index contributed by atoms with van der Waals surface area (Å²) in [5.74, 6) is 0. The topological polar surface area (TPSA) is 47.6 Å². The van der Waals surface area contributed by atoms with Crippen LogP contribution in [0.15, 0.2) is 121 Å². The van der Waals surface area contributed by atoms with Gasteiger partial charge in [0.25, 0.3) is 0 Å². The lowest BCUT2D eigenvalue weighted by Gasteiger charge is -2.23. The van der Waals surface area contributed by atoms with Crippen molar-refractivity contribution in [2.45, 2.75) is 27.7 Å². The molecule has 0 bridgehead atoms. The molecule has 0 atom stereocenters. The number of rotatable bonds is 2. The molecule has 0 amide bonds. The van der Waals surface area contributed by atoms with E-state index in [1.54, 1.807) is 0 Å². The minimum Gasteiger partial charge on any atom is -0.192 e. The number of nitriles is 2. The summed E-state index contributed by atoms with van der Waals surface area (Å²) in [6, 6.07) is 49.4. The highest BCUT2D eigenvalue weighted by Gasteiger charge is 2.33. The predicted molar refractivity (Wildman–Crippen MR) is 233 cm³/mol. The van der Waals surface area contributed by atoms with Gasteiger partial charge in [0.2, 0.25) is 0 Å². The third kappa shape index (κ3) is 3.93. The van der Waals surface area contributed by atoms with E-state index in [4.69, 9.17) is 0 Å². The van der Waals surface area contributed by atoms with E-state index in [9.17, 15) is 10.5 Å². The summed E-state index contributed by atoms with van der Waals surface area (Å²) in [6.07, 6.45) is 0. The molecule has 0 heterocycles. The zero-order chi connectivity index (χ0) is 37.7. The molecular weight excluding hydrogens is 677 g/mol. The second-order valence-corrected chi connectivity index (χ2v) is 16.2. The van der Waals surface area contributed by atoms with Crippen molar-refractivity contribution in [2.75, 3.05) is 0 Å². The van der Waals surface area contributed by atoms with Gasteiger partial charge in [0.05, 0.1) is 23.3 Å². The molecule has 56 heavy (non-hydrogen) atoms. The first-order chi connectivity index (χ1) is 27.3. The Labute approximate surface area is 324 Å². The first-order valence-electron chi connectivity index (χ1n) is 19.3. The van der Waals surface area contributed by atoms with Crippen LogP contribution in [0.5, 0.6) is 0 Å². The van der Waals surface area contributed by atoms with E-state index >= 15 is 0 Å². The third-order valence-electron chi connectivity index (χ3n) is 12.6. The fourth-order valence-corrected chi connectivity index (χ4v) is 10.6. The van der Waals surface area contributed by atoms with Gasteiger partial charge >= 0.3 is 0 Å². The van der Waals surface area contributed by atoms with Crippen LogP contribution in [0.3, 0.4) is 0 Å². The molecule has 0 aromatic heterocycles. The summed E-state index contributed by atoms with van der Waals surface area (Å²) in [6.45, 7) is 8.83. The molecule has 2 aliphatic carbocycles. The Hall–Kier alpha value is -7.26. The fourth-order valence-electron chi connectivity index (χ4n) is 10.6. The van der Waals surface area contributed by atoms with E-state index in [1.165, 1.54) is 132 Å². The van der Waals surface area contributed by atoms with Gasteiger partial charge in [-0.05, 0) is 207 Å². The van der Waals surface area contributed by atoms with Crippen molar-refractivity contribution in [3.63, 3.8) is 0 Å². The van der Waals surface area contributed by atoms with Gasteiger partial charge in [-0.3, -0.25) is 0 Å².